The molecule has 1 N–H and O–H groups in total. The number of pyridine rings is 1. The van der Waals surface area contributed by atoms with Gasteiger partial charge in [0.25, 0.3) is 0 Å². The van der Waals surface area contributed by atoms with E-state index in [1.165, 1.54) is 5.57 Å². The largest absolute Gasteiger partial charge is 0.352 e. The number of rotatable bonds is 4. The van der Waals surface area contributed by atoms with Gasteiger partial charge in [-0.2, -0.15) is 5.26 Å². The van der Waals surface area contributed by atoms with Gasteiger partial charge in [-0.1, -0.05) is 25.5 Å². The predicted octanol–water partition coefficient (Wildman–Crippen LogP) is 2.81. The van der Waals surface area contributed by atoms with Crippen molar-refractivity contribution < 1.29 is 4.79 Å². The molecular formula is C17H21N3O. The van der Waals surface area contributed by atoms with E-state index in [1.807, 2.05) is 12.1 Å². The van der Waals surface area contributed by atoms with Crippen LogP contribution in [0.5, 0.6) is 0 Å². The maximum Gasteiger partial charge on any atom is 0.224 e. The SMILES string of the molecule is CC(C)=CC1C(C(=O)NCc2ccnc(C#N)c2)C1(C)C. The Morgan fingerprint density at radius 1 is 1.52 bits per heavy atom. The third kappa shape index (κ3) is 3.30. The average molecular weight is 283 g/mol. The van der Waals surface area contributed by atoms with E-state index in [0.717, 1.165) is 5.56 Å². The molecule has 1 saturated carbocycles. The fraction of sp³-hybridized carbons (Fsp3) is 0.471. The van der Waals surface area contributed by atoms with Crippen LogP contribution >= 0.6 is 0 Å². The lowest BCUT2D eigenvalue weighted by Gasteiger charge is -2.06. The van der Waals surface area contributed by atoms with Crippen LogP contribution in [0.15, 0.2) is 30.0 Å². The Balaban J connectivity index is 1.97. The molecule has 0 radical (unpaired) electrons. The number of hydrogen-bond donors (Lipinski definition) is 1. The molecule has 1 aliphatic rings. The van der Waals surface area contributed by atoms with Gasteiger partial charge >= 0.3 is 0 Å². The normalized spacial score (nSPS) is 22.0. The number of carbonyl (C=O) groups excluding carboxylic acids is 1. The summed E-state index contributed by atoms with van der Waals surface area (Å²) < 4.78 is 0. The monoisotopic (exact) mass is 283 g/mol. The Labute approximate surface area is 125 Å². The second-order valence-electron chi connectivity index (χ2n) is 6.45. The highest BCUT2D eigenvalue weighted by atomic mass is 16.2. The summed E-state index contributed by atoms with van der Waals surface area (Å²) in [6, 6.07) is 5.51. The first-order chi connectivity index (χ1) is 9.86. The summed E-state index contributed by atoms with van der Waals surface area (Å²) >= 11 is 0. The maximum atomic E-state index is 12.3. The summed E-state index contributed by atoms with van der Waals surface area (Å²) in [4.78, 5) is 16.2. The van der Waals surface area contributed by atoms with Gasteiger partial charge < -0.3 is 5.32 Å². The van der Waals surface area contributed by atoms with E-state index in [1.54, 1.807) is 12.3 Å². The molecule has 0 saturated heterocycles. The van der Waals surface area contributed by atoms with Crippen LogP contribution < -0.4 is 5.32 Å². The summed E-state index contributed by atoms with van der Waals surface area (Å²) in [5.41, 5.74) is 2.54. The number of nitriles is 1. The Bertz CT molecular complexity index is 621. The first kappa shape index (κ1) is 15.2. The van der Waals surface area contributed by atoms with Crippen LogP contribution in [0.25, 0.3) is 0 Å². The molecule has 2 atom stereocenters. The van der Waals surface area contributed by atoms with Crippen molar-refractivity contribution in [3.05, 3.63) is 41.2 Å². The highest BCUT2D eigenvalue weighted by molar-refractivity contribution is 5.83. The minimum Gasteiger partial charge on any atom is -0.352 e. The number of hydrogen-bond acceptors (Lipinski definition) is 3. The maximum absolute atomic E-state index is 12.3. The number of aromatic nitrogens is 1. The minimum atomic E-state index is 0.0252. The van der Waals surface area contributed by atoms with Crippen LogP contribution in [0.1, 0.15) is 39.0 Å². The number of nitrogens with zero attached hydrogens (tertiary/aromatic N) is 2. The minimum absolute atomic E-state index is 0.0252. The van der Waals surface area contributed by atoms with Gasteiger partial charge in [0.2, 0.25) is 5.91 Å². The lowest BCUT2D eigenvalue weighted by Crippen LogP contribution is -2.26. The zero-order chi connectivity index (χ0) is 15.6. The molecule has 4 heteroatoms. The molecule has 1 fully saturated rings. The van der Waals surface area contributed by atoms with Crippen LogP contribution in [-0.2, 0) is 11.3 Å². The highest BCUT2D eigenvalue weighted by Crippen LogP contribution is 2.59. The van der Waals surface area contributed by atoms with Gasteiger partial charge in [-0.3, -0.25) is 4.79 Å². The lowest BCUT2D eigenvalue weighted by atomic mass is 10.1. The van der Waals surface area contributed by atoms with Crippen molar-refractivity contribution in [2.45, 2.75) is 34.2 Å². The van der Waals surface area contributed by atoms with Gasteiger partial charge in [-0.15, -0.1) is 0 Å². The second-order valence-corrected chi connectivity index (χ2v) is 6.45. The van der Waals surface area contributed by atoms with E-state index >= 15 is 0 Å². The van der Waals surface area contributed by atoms with Crippen LogP contribution in [-0.4, -0.2) is 10.9 Å². The van der Waals surface area contributed by atoms with Crippen LogP contribution in [0.2, 0.25) is 0 Å². The van der Waals surface area contributed by atoms with Gasteiger partial charge in [0.1, 0.15) is 11.8 Å². The summed E-state index contributed by atoms with van der Waals surface area (Å²) in [7, 11) is 0. The molecule has 2 rings (SSSR count). The van der Waals surface area contributed by atoms with Gasteiger partial charge in [0.05, 0.1) is 5.92 Å². The first-order valence-corrected chi connectivity index (χ1v) is 7.14. The van der Waals surface area contributed by atoms with Gasteiger partial charge in [-0.25, -0.2) is 4.98 Å². The van der Waals surface area contributed by atoms with Crippen molar-refractivity contribution in [2.24, 2.45) is 17.3 Å². The van der Waals surface area contributed by atoms with E-state index in [-0.39, 0.29) is 17.2 Å². The second kappa shape index (κ2) is 5.69. The van der Waals surface area contributed by atoms with Crippen molar-refractivity contribution in [3.63, 3.8) is 0 Å². The summed E-state index contributed by atoms with van der Waals surface area (Å²) in [5.74, 6) is 0.428. The highest BCUT2D eigenvalue weighted by Gasteiger charge is 2.60. The molecule has 0 aliphatic heterocycles. The third-order valence-electron chi connectivity index (χ3n) is 4.11. The van der Waals surface area contributed by atoms with Gasteiger partial charge in [0, 0.05) is 12.7 Å². The lowest BCUT2D eigenvalue weighted by molar-refractivity contribution is -0.123. The number of nitrogens with one attached hydrogen (secondary N) is 1. The standard InChI is InChI=1S/C17H21N3O/c1-11(2)7-14-15(17(14,3)4)16(21)20-10-12-5-6-19-13(8-12)9-18/h5-8,14-15H,10H2,1-4H3,(H,20,21). The Kier molecular flexibility index (Phi) is 4.13. The zero-order valence-corrected chi connectivity index (χ0v) is 13.0. The molecule has 2 unspecified atom stereocenters. The molecular weight excluding hydrogens is 262 g/mol. The zero-order valence-electron chi connectivity index (χ0n) is 13.0. The molecule has 1 aromatic heterocycles. The molecule has 0 aromatic carbocycles. The molecule has 21 heavy (non-hydrogen) atoms. The van der Waals surface area contributed by atoms with E-state index in [4.69, 9.17) is 5.26 Å². The molecule has 4 nitrogen and oxygen atoms in total. The fourth-order valence-electron chi connectivity index (χ4n) is 2.79. The molecule has 110 valence electrons. The van der Waals surface area contributed by atoms with Gasteiger partial charge in [-0.05, 0) is 42.9 Å². The molecule has 1 amide bonds. The Morgan fingerprint density at radius 2 is 2.24 bits per heavy atom. The molecule has 1 aromatic rings. The Morgan fingerprint density at radius 3 is 2.86 bits per heavy atom. The molecule has 1 aliphatic carbocycles. The molecule has 1 heterocycles. The smallest absolute Gasteiger partial charge is 0.224 e. The van der Waals surface area contributed by atoms with E-state index in [9.17, 15) is 4.79 Å². The van der Waals surface area contributed by atoms with Crippen molar-refractivity contribution in [1.29, 1.82) is 5.26 Å². The summed E-state index contributed by atoms with van der Waals surface area (Å²) in [6.07, 6.45) is 3.78. The number of allylic oxidation sites excluding steroid dienone is 2. The van der Waals surface area contributed by atoms with Crippen molar-refractivity contribution in [1.82, 2.24) is 10.3 Å². The van der Waals surface area contributed by atoms with E-state index < -0.39 is 0 Å². The quantitative estimate of drug-likeness (QED) is 0.864. The van der Waals surface area contributed by atoms with Crippen LogP contribution in [0, 0.1) is 28.6 Å². The van der Waals surface area contributed by atoms with E-state index in [2.05, 4.69) is 44.1 Å². The van der Waals surface area contributed by atoms with Crippen molar-refractivity contribution >= 4 is 5.91 Å². The summed E-state index contributed by atoms with van der Waals surface area (Å²) in [6.45, 7) is 8.81. The first-order valence-electron chi connectivity index (χ1n) is 7.14. The van der Waals surface area contributed by atoms with Crippen LogP contribution in [0.3, 0.4) is 0 Å². The van der Waals surface area contributed by atoms with E-state index in [0.29, 0.717) is 18.2 Å². The summed E-state index contributed by atoms with van der Waals surface area (Å²) in [5, 5.41) is 11.8. The number of carbonyl (C=O) groups is 1. The van der Waals surface area contributed by atoms with Crippen molar-refractivity contribution in [3.8, 4) is 6.07 Å². The van der Waals surface area contributed by atoms with Gasteiger partial charge in [0.15, 0.2) is 0 Å². The third-order valence-corrected chi connectivity index (χ3v) is 4.11. The topological polar surface area (TPSA) is 65.8 Å². The molecule has 0 spiro atoms. The Hall–Kier alpha value is -2.15. The van der Waals surface area contributed by atoms with Crippen LogP contribution in [0.4, 0.5) is 0 Å². The fourth-order valence-corrected chi connectivity index (χ4v) is 2.79. The van der Waals surface area contributed by atoms with Crippen molar-refractivity contribution in [2.75, 3.05) is 0 Å². The molecule has 0 bridgehead atoms. The average Bonchev–Trinajstić information content (AvgIpc) is 2.96. The number of amides is 1. The predicted molar refractivity (Wildman–Crippen MR) is 81.0 cm³/mol.